The Morgan fingerprint density at radius 3 is 2.68 bits per heavy atom. The number of carbonyl (C=O) groups is 1. The average Bonchev–Trinajstić information content (AvgIpc) is 2.88. The summed E-state index contributed by atoms with van der Waals surface area (Å²) in [7, 11) is 0. The Labute approximate surface area is 109 Å². The van der Waals surface area contributed by atoms with Gasteiger partial charge in [-0.3, -0.25) is 0 Å². The molecule has 2 aromatic rings. The van der Waals surface area contributed by atoms with Crippen molar-refractivity contribution in [1.29, 1.82) is 0 Å². The number of oxazole rings is 1. The Kier molecular flexibility index (Phi) is 4.15. The molecule has 0 amide bonds. The number of aromatic nitrogens is 1. The highest BCUT2D eigenvalue weighted by atomic mass is 16.4. The molecule has 1 aromatic carbocycles. The van der Waals surface area contributed by atoms with Gasteiger partial charge in [-0.05, 0) is 12.0 Å². The van der Waals surface area contributed by atoms with Gasteiger partial charge in [0, 0.05) is 0 Å². The summed E-state index contributed by atoms with van der Waals surface area (Å²) in [5, 5.41) is 20.9. The molecule has 0 saturated heterocycles. The van der Waals surface area contributed by atoms with Gasteiger partial charge < -0.3 is 19.9 Å². The van der Waals surface area contributed by atoms with Crippen LogP contribution in [-0.2, 0) is 6.42 Å². The van der Waals surface area contributed by atoms with Crippen LogP contribution in [-0.4, -0.2) is 33.8 Å². The van der Waals surface area contributed by atoms with Crippen molar-refractivity contribution in [1.82, 2.24) is 4.98 Å². The summed E-state index contributed by atoms with van der Waals surface area (Å²) < 4.78 is 4.98. The first-order valence-corrected chi connectivity index (χ1v) is 5.79. The maximum absolute atomic E-state index is 10.7. The molecule has 0 aliphatic heterocycles. The topological polar surface area (TPSA) is 95.6 Å². The lowest BCUT2D eigenvalue weighted by molar-refractivity contribution is 0.0690. The van der Waals surface area contributed by atoms with E-state index in [1.54, 1.807) is 0 Å². The number of aliphatic hydroxyl groups is 1. The van der Waals surface area contributed by atoms with Crippen molar-refractivity contribution in [3.8, 4) is 0 Å². The maximum Gasteiger partial charge on any atom is 0.357 e. The van der Waals surface area contributed by atoms with Crippen molar-refractivity contribution in [3.05, 3.63) is 47.9 Å². The quantitative estimate of drug-likeness (QED) is 0.728. The van der Waals surface area contributed by atoms with Crippen LogP contribution in [0.15, 0.2) is 41.0 Å². The van der Waals surface area contributed by atoms with Crippen LogP contribution >= 0.6 is 0 Å². The molecule has 3 N–H and O–H groups in total. The number of carboxylic acids is 1. The fraction of sp³-hybridized carbons (Fsp3) is 0.231. The number of nitrogens with zero attached hydrogens (tertiary/aromatic N) is 1. The molecule has 0 fully saturated rings. The lowest BCUT2D eigenvalue weighted by atomic mass is 10.1. The van der Waals surface area contributed by atoms with Gasteiger partial charge in [0.1, 0.15) is 6.26 Å². The molecule has 2 rings (SSSR count). The molecular weight excluding hydrogens is 248 g/mol. The zero-order valence-corrected chi connectivity index (χ0v) is 10.1. The number of anilines is 1. The standard InChI is InChI=1S/C13H14N2O4/c16-7-10(6-9-4-2-1-3-5-9)14-13-15-11(8-19-13)12(17)18/h1-5,8,10,16H,6-7H2,(H,14,15)(H,17,18). The van der Waals surface area contributed by atoms with Crippen LogP contribution in [0, 0.1) is 0 Å². The van der Waals surface area contributed by atoms with E-state index >= 15 is 0 Å². The van der Waals surface area contributed by atoms with E-state index in [2.05, 4.69) is 10.3 Å². The highest BCUT2D eigenvalue weighted by Crippen LogP contribution is 2.11. The Morgan fingerprint density at radius 1 is 1.37 bits per heavy atom. The molecule has 6 heteroatoms. The van der Waals surface area contributed by atoms with Crippen molar-refractivity contribution in [2.75, 3.05) is 11.9 Å². The predicted molar refractivity (Wildman–Crippen MR) is 68.1 cm³/mol. The molecule has 0 spiro atoms. The molecule has 0 bridgehead atoms. The smallest absolute Gasteiger partial charge is 0.357 e. The van der Waals surface area contributed by atoms with E-state index in [-0.39, 0.29) is 24.4 Å². The molecule has 0 radical (unpaired) electrons. The van der Waals surface area contributed by atoms with E-state index in [0.717, 1.165) is 11.8 Å². The SMILES string of the molecule is O=C(O)c1coc(NC(CO)Cc2ccccc2)n1. The van der Waals surface area contributed by atoms with Crippen LogP contribution in [0.1, 0.15) is 16.1 Å². The van der Waals surface area contributed by atoms with E-state index in [4.69, 9.17) is 9.52 Å². The Hall–Kier alpha value is -2.34. The molecule has 0 saturated carbocycles. The molecule has 1 heterocycles. The summed E-state index contributed by atoms with van der Waals surface area (Å²) in [5.41, 5.74) is 0.887. The van der Waals surface area contributed by atoms with Crippen LogP contribution < -0.4 is 5.32 Å². The van der Waals surface area contributed by atoms with Crippen LogP contribution in [0.4, 0.5) is 6.01 Å². The van der Waals surface area contributed by atoms with E-state index in [1.807, 2.05) is 30.3 Å². The lowest BCUT2D eigenvalue weighted by Crippen LogP contribution is -2.26. The summed E-state index contributed by atoms with van der Waals surface area (Å²) in [6, 6.07) is 9.44. The summed E-state index contributed by atoms with van der Waals surface area (Å²) >= 11 is 0. The van der Waals surface area contributed by atoms with Gasteiger partial charge in [0.2, 0.25) is 0 Å². The van der Waals surface area contributed by atoms with Gasteiger partial charge in [-0.15, -0.1) is 0 Å². The Bertz CT molecular complexity index is 539. The van der Waals surface area contributed by atoms with Gasteiger partial charge in [-0.25, -0.2) is 4.79 Å². The number of nitrogens with one attached hydrogen (secondary N) is 1. The molecular formula is C13H14N2O4. The molecule has 1 atom stereocenters. The second-order valence-corrected chi connectivity index (χ2v) is 4.06. The number of aliphatic hydroxyl groups excluding tert-OH is 1. The third-order valence-corrected chi connectivity index (χ3v) is 2.60. The van der Waals surface area contributed by atoms with Gasteiger partial charge in [0.25, 0.3) is 6.01 Å². The van der Waals surface area contributed by atoms with Crippen molar-refractivity contribution in [2.45, 2.75) is 12.5 Å². The summed E-state index contributed by atoms with van der Waals surface area (Å²) in [6.07, 6.45) is 1.64. The molecule has 100 valence electrons. The molecule has 0 aliphatic rings. The highest BCUT2D eigenvalue weighted by molar-refractivity contribution is 5.85. The molecule has 19 heavy (non-hydrogen) atoms. The van der Waals surface area contributed by atoms with Crippen LogP contribution in [0.2, 0.25) is 0 Å². The minimum absolute atomic E-state index is 0.0902. The van der Waals surface area contributed by atoms with Gasteiger partial charge in [0.15, 0.2) is 5.69 Å². The Balaban J connectivity index is 2.00. The molecule has 1 unspecified atom stereocenters. The third kappa shape index (κ3) is 3.56. The number of hydrogen-bond donors (Lipinski definition) is 3. The molecule has 1 aromatic heterocycles. The fourth-order valence-corrected chi connectivity index (χ4v) is 1.67. The van der Waals surface area contributed by atoms with Gasteiger partial charge in [-0.1, -0.05) is 30.3 Å². The molecule has 6 nitrogen and oxygen atoms in total. The van der Waals surface area contributed by atoms with Crippen LogP contribution in [0.25, 0.3) is 0 Å². The predicted octanol–water partition coefficient (Wildman–Crippen LogP) is 1.39. The number of benzene rings is 1. The number of carboxylic acid groups (broad SMARTS) is 1. The first kappa shape index (κ1) is 13.1. The first-order valence-electron chi connectivity index (χ1n) is 5.79. The second kappa shape index (κ2) is 6.01. The largest absolute Gasteiger partial charge is 0.476 e. The second-order valence-electron chi connectivity index (χ2n) is 4.06. The van der Waals surface area contributed by atoms with Crippen LogP contribution in [0.3, 0.4) is 0 Å². The van der Waals surface area contributed by atoms with Crippen LogP contribution in [0.5, 0.6) is 0 Å². The number of rotatable bonds is 6. The lowest BCUT2D eigenvalue weighted by Gasteiger charge is -2.14. The summed E-state index contributed by atoms with van der Waals surface area (Å²) in [4.78, 5) is 14.4. The van der Waals surface area contributed by atoms with E-state index in [9.17, 15) is 9.90 Å². The fourth-order valence-electron chi connectivity index (χ4n) is 1.67. The average molecular weight is 262 g/mol. The Morgan fingerprint density at radius 2 is 2.11 bits per heavy atom. The van der Waals surface area contributed by atoms with Crippen molar-refractivity contribution < 1.29 is 19.4 Å². The van der Waals surface area contributed by atoms with Crippen molar-refractivity contribution >= 4 is 12.0 Å². The van der Waals surface area contributed by atoms with Gasteiger partial charge in [-0.2, -0.15) is 4.98 Å². The number of aromatic carboxylic acids is 1. The summed E-state index contributed by atoms with van der Waals surface area (Å²) in [6.45, 7) is -0.111. The van der Waals surface area contributed by atoms with Gasteiger partial charge >= 0.3 is 5.97 Å². The molecule has 0 aliphatic carbocycles. The first-order chi connectivity index (χ1) is 9.19. The normalized spacial score (nSPS) is 12.1. The van der Waals surface area contributed by atoms with E-state index in [0.29, 0.717) is 6.42 Å². The van der Waals surface area contributed by atoms with Gasteiger partial charge in [0.05, 0.1) is 12.6 Å². The summed E-state index contributed by atoms with van der Waals surface area (Å²) in [5.74, 6) is -1.15. The maximum atomic E-state index is 10.7. The minimum Gasteiger partial charge on any atom is -0.476 e. The van der Waals surface area contributed by atoms with Crippen molar-refractivity contribution in [3.63, 3.8) is 0 Å². The van der Waals surface area contributed by atoms with Crippen molar-refractivity contribution in [2.24, 2.45) is 0 Å². The zero-order valence-electron chi connectivity index (χ0n) is 10.1. The zero-order chi connectivity index (χ0) is 13.7. The minimum atomic E-state index is -1.15. The van der Waals surface area contributed by atoms with E-state index < -0.39 is 5.97 Å². The number of hydrogen-bond acceptors (Lipinski definition) is 5. The third-order valence-electron chi connectivity index (χ3n) is 2.60. The van der Waals surface area contributed by atoms with E-state index in [1.165, 1.54) is 0 Å². The monoisotopic (exact) mass is 262 g/mol. The highest BCUT2D eigenvalue weighted by Gasteiger charge is 2.14.